The second kappa shape index (κ2) is 6.48. The summed E-state index contributed by atoms with van der Waals surface area (Å²) in [6, 6.07) is 16.2. The van der Waals surface area contributed by atoms with Crippen LogP contribution in [-0.2, 0) is 5.41 Å². The lowest BCUT2D eigenvalue weighted by Crippen LogP contribution is -2.42. The zero-order chi connectivity index (χ0) is 19.3. The Hall–Kier alpha value is -2.15. The zero-order valence-corrected chi connectivity index (χ0v) is 17.6. The maximum absolute atomic E-state index is 2.53. The largest absolute Gasteiger partial charge is 0.200 e. The second-order valence-electron chi connectivity index (χ2n) is 9.25. The molecule has 4 rings (SSSR count). The van der Waals surface area contributed by atoms with E-state index in [1.165, 1.54) is 22.4 Å². The first-order valence-corrected chi connectivity index (χ1v) is 10.4. The van der Waals surface area contributed by atoms with E-state index in [1.54, 1.807) is 11.1 Å². The van der Waals surface area contributed by atoms with Crippen LogP contribution in [0.4, 0.5) is 0 Å². The molecule has 0 saturated heterocycles. The van der Waals surface area contributed by atoms with Gasteiger partial charge >= 0.3 is 0 Å². The average molecular weight is 359 g/mol. The summed E-state index contributed by atoms with van der Waals surface area (Å²) in [4.78, 5) is 0. The number of rotatable bonds is 3. The van der Waals surface area contributed by atoms with Gasteiger partial charge in [0.25, 0.3) is 0 Å². The van der Waals surface area contributed by atoms with Crippen LogP contribution in [0.1, 0.15) is 76.7 Å². The summed E-state index contributed by atoms with van der Waals surface area (Å²) in [6.07, 6.45) is 5.90. The van der Waals surface area contributed by atoms with Gasteiger partial charge in [-0.05, 0) is 42.9 Å². The van der Waals surface area contributed by atoms with Crippen molar-refractivity contribution < 1.29 is 4.57 Å². The summed E-state index contributed by atoms with van der Waals surface area (Å²) < 4.78 is 2.46. The smallest absolute Gasteiger partial charge is 0.189 e. The van der Waals surface area contributed by atoms with Crippen molar-refractivity contribution in [2.45, 2.75) is 65.3 Å². The van der Waals surface area contributed by atoms with E-state index >= 15 is 0 Å². The molecule has 1 atom stereocenters. The standard InChI is InChI=1S/C26H32N/c1-17(2)20-15-21-19-11-7-8-12-23(19)26(5,6)24(21)16-22(20)25-13-9-10-14-27(25)18(3)4/h7-15,17-18,22H,16H2,1-6H3/q+1. The lowest BCUT2D eigenvalue weighted by molar-refractivity contribution is -0.724. The second-order valence-corrected chi connectivity index (χ2v) is 9.25. The fourth-order valence-electron chi connectivity index (χ4n) is 5.12. The molecule has 1 aromatic carbocycles. The summed E-state index contributed by atoms with van der Waals surface area (Å²) in [5.74, 6) is 1.00. The molecule has 1 heterocycles. The predicted octanol–water partition coefficient (Wildman–Crippen LogP) is 6.37. The number of hydrogen-bond acceptors (Lipinski definition) is 0. The highest BCUT2D eigenvalue weighted by Gasteiger charge is 2.42. The molecule has 1 unspecified atom stereocenters. The van der Waals surface area contributed by atoms with E-state index in [2.05, 4.69) is 101 Å². The average Bonchev–Trinajstić information content (AvgIpc) is 2.88. The Morgan fingerprint density at radius 2 is 1.67 bits per heavy atom. The number of aromatic nitrogens is 1. The van der Waals surface area contributed by atoms with E-state index in [1.807, 2.05) is 0 Å². The molecule has 0 N–H and O–H groups in total. The summed E-state index contributed by atoms with van der Waals surface area (Å²) >= 11 is 0. The van der Waals surface area contributed by atoms with Crippen molar-refractivity contribution in [2.24, 2.45) is 5.92 Å². The molecule has 1 aromatic heterocycles. The van der Waals surface area contributed by atoms with Crippen molar-refractivity contribution >= 4 is 5.57 Å². The van der Waals surface area contributed by atoms with Gasteiger partial charge in [0.2, 0.25) is 0 Å². The van der Waals surface area contributed by atoms with Crippen LogP contribution >= 0.6 is 0 Å². The third kappa shape index (κ3) is 2.79. The van der Waals surface area contributed by atoms with Crippen LogP contribution in [0.3, 0.4) is 0 Å². The van der Waals surface area contributed by atoms with Crippen molar-refractivity contribution in [3.63, 3.8) is 0 Å². The molecular weight excluding hydrogens is 326 g/mol. The molecule has 140 valence electrons. The minimum absolute atomic E-state index is 0.112. The highest BCUT2D eigenvalue weighted by atomic mass is 15.0. The van der Waals surface area contributed by atoms with Gasteiger partial charge < -0.3 is 0 Å². The van der Waals surface area contributed by atoms with Gasteiger partial charge in [-0.1, -0.05) is 75.2 Å². The van der Waals surface area contributed by atoms with Gasteiger partial charge in [0.05, 0.1) is 5.92 Å². The topological polar surface area (TPSA) is 3.88 Å². The minimum Gasteiger partial charge on any atom is -0.200 e. The van der Waals surface area contributed by atoms with E-state index in [-0.39, 0.29) is 5.41 Å². The molecule has 27 heavy (non-hydrogen) atoms. The minimum atomic E-state index is 0.112. The number of nitrogens with zero attached hydrogens (tertiary/aromatic N) is 1. The van der Waals surface area contributed by atoms with E-state index in [0.717, 1.165) is 6.42 Å². The molecular formula is C26H32N+. The van der Waals surface area contributed by atoms with Gasteiger partial charge in [-0.15, -0.1) is 0 Å². The Labute approximate surface area is 164 Å². The molecule has 2 aliphatic carbocycles. The Morgan fingerprint density at radius 3 is 2.37 bits per heavy atom. The van der Waals surface area contributed by atoms with Crippen molar-refractivity contribution in [1.29, 1.82) is 0 Å². The molecule has 0 spiro atoms. The van der Waals surface area contributed by atoms with Crippen LogP contribution in [-0.4, -0.2) is 0 Å². The zero-order valence-electron chi connectivity index (χ0n) is 17.6. The number of pyridine rings is 1. The van der Waals surface area contributed by atoms with Crippen LogP contribution in [0.15, 0.2) is 65.9 Å². The fourth-order valence-corrected chi connectivity index (χ4v) is 5.12. The summed E-state index contributed by atoms with van der Waals surface area (Å²) in [6.45, 7) is 14.1. The highest BCUT2D eigenvalue weighted by molar-refractivity contribution is 5.87. The van der Waals surface area contributed by atoms with E-state index in [9.17, 15) is 0 Å². The van der Waals surface area contributed by atoms with E-state index in [0.29, 0.717) is 17.9 Å². The maximum Gasteiger partial charge on any atom is 0.189 e. The SMILES string of the molecule is CC(C)C1=CC2=C(CC1c1cccc[n+]1C(C)C)C(C)(C)c1ccccc12. The van der Waals surface area contributed by atoms with Gasteiger partial charge in [-0.25, -0.2) is 0 Å². The predicted molar refractivity (Wildman–Crippen MR) is 114 cm³/mol. The monoisotopic (exact) mass is 358 g/mol. The number of hydrogen-bond donors (Lipinski definition) is 0. The van der Waals surface area contributed by atoms with Gasteiger partial charge in [0.1, 0.15) is 0 Å². The summed E-state index contributed by atoms with van der Waals surface area (Å²) in [5, 5.41) is 0. The molecule has 0 aliphatic heterocycles. The molecule has 0 saturated carbocycles. The highest BCUT2D eigenvalue weighted by Crippen LogP contribution is 2.54. The summed E-state index contributed by atoms with van der Waals surface area (Å²) in [5.41, 5.74) is 9.16. The Morgan fingerprint density at radius 1 is 0.963 bits per heavy atom. The van der Waals surface area contributed by atoms with Crippen LogP contribution in [0.5, 0.6) is 0 Å². The lowest BCUT2D eigenvalue weighted by Gasteiger charge is -2.32. The molecule has 0 fully saturated rings. The molecule has 0 radical (unpaired) electrons. The first kappa shape index (κ1) is 18.2. The van der Waals surface area contributed by atoms with E-state index < -0.39 is 0 Å². The molecule has 2 aliphatic rings. The molecule has 0 bridgehead atoms. The van der Waals surface area contributed by atoms with Crippen LogP contribution in [0.25, 0.3) is 5.57 Å². The van der Waals surface area contributed by atoms with Crippen molar-refractivity contribution in [2.75, 3.05) is 0 Å². The lowest BCUT2D eigenvalue weighted by atomic mass is 9.71. The molecule has 1 nitrogen and oxygen atoms in total. The van der Waals surface area contributed by atoms with Crippen LogP contribution < -0.4 is 4.57 Å². The van der Waals surface area contributed by atoms with Crippen LogP contribution in [0.2, 0.25) is 0 Å². The Bertz CT molecular complexity index is 940. The third-order valence-corrected chi connectivity index (χ3v) is 6.59. The normalized spacial score (nSPS) is 20.7. The van der Waals surface area contributed by atoms with Crippen LogP contribution in [0, 0.1) is 5.92 Å². The van der Waals surface area contributed by atoms with Gasteiger partial charge in [-0.2, -0.15) is 4.57 Å². The Balaban J connectivity index is 1.88. The van der Waals surface area contributed by atoms with Crippen molar-refractivity contribution in [3.05, 3.63) is 82.7 Å². The first-order chi connectivity index (χ1) is 12.8. The first-order valence-electron chi connectivity index (χ1n) is 10.4. The molecule has 1 heteroatoms. The third-order valence-electron chi connectivity index (χ3n) is 6.59. The van der Waals surface area contributed by atoms with Crippen molar-refractivity contribution in [1.82, 2.24) is 0 Å². The number of benzene rings is 1. The maximum atomic E-state index is 2.53. The number of allylic oxidation sites excluding steroid dienone is 4. The summed E-state index contributed by atoms with van der Waals surface area (Å²) in [7, 11) is 0. The van der Waals surface area contributed by atoms with Gasteiger partial charge in [0.15, 0.2) is 17.9 Å². The fraction of sp³-hybridized carbons (Fsp3) is 0.423. The van der Waals surface area contributed by atoms with Gasteiger partial charge in [-0.3, -0.25) is 0 Å². The van der Waals surface area contributed by atoms with Crippen molar-refractivity contribution in [3.8, 4) is 0 Å². The Kier molecular flexibility index (Phi) is 4.37. The molecule has 2 aromatic rings. The van der Waals surface area contributed by atoms with Gasteiger partial charge in [0, 0.05) is 17.5 Å². The number of fused-ring (bicyclic) bond motifs is 2. The quantitative estimate of drug-likeness (QED) is 0.561. The molecule has 0 amide bonds. The van der Waals surface area contributed by atoms with E-state index in [4.69, 9.17) is 0 Å².